The fraction of sp³-hybridized carbons (Fsp3) is 0.833. The minimum absolute atomic E-state index is 0.0887. The van der Waals surface area contributed by atoms with E-state index >= 15 is 0 Å². The third-order valence-corrected chi connectivity index (χ3v) is 3.27. The predicted octanol–water partition coefficient (Wildman–Crippen LogP) is -0.0419. The third kappa shape index (κ3) is 4.52. The summed E-state index contributed by atoms with van der Waals surface area (Å²) >= 11 is 0. The Morgan fingerprint density at radius 1 is 1.39 bits per heavy atom. The van der Waals surface area contributed by atoms with Crippen LogP contribution in [0.5, 0.6) is 0 Å². The highest BCUT2D eigenvalue weighted by atomic mass is 16.3. The molecule has 1 aliphatic carbocycles. The van der Waals surface area contributed by atoms with Crippen molar-refractivity contribution < 1.29 is 14.7 Å². The van der Waals surface area contributed by atoms with Crippen molar-refractivity contribution in [1.29, 1.82) is 0 Å². The Kier molecular flexibility index (Phi) is 4.95. The quantitative estimate of drug-likeness (QED) is 0.514. The first kappa shape index (κ1) is 14.8. The Morgan fingerprint density at radius 2 is 2.00 bits per heavy atom. The number of amides is 3. The first-order valence-electron chi connectivity index (χ1n) is 6.33. The molecule has 1 rings (SSSR count). The number of carbonyl (C=O) groups is 2. The molecule has 0 radical (unpaired) electrons. The van der Waals surface area contributed by atoms with E-state index in [2.05, 4.69) is 10.6 Å². The maximum Gasteiger partial charge on any atom is 0.312 e. The van der Waals surface area contributed by atoms with E-state index in [0.717, 1.165) is 12.8 Å². The number of aliphatic hydroxyl groups excluding tert-OH is 1. The number of hydrogen-bond acceptors (Lipinski definition) is 3. The summed E-state index contributed by atoms with van der Waals surface area (Å²) < 4.78 is 0. The van der Waals surface area contributed by atoms with Gasteiger partial charge >= 0.3 is 6.03 Å². The molecule has 3 amide bonds. The molecule has 0 spiro atoms. The summed E-state index contributed by atoms with van der Waals surface area (Å²) in [6.07, 6.45) is 2.41. The fourth-order valence-corrected chi connectivity index (χ4v) is 1.84. The largest absolute Gasteiger partial charge is 0.396 e. The topological polar surface area (TPSA) is 104 Å². The van der Waals surface area contributed by atoms with E-state index in [1.54, 1.807) is 0 Å². The lowest BCUT2D eigenvalue weighted by atomic mass is 10.0. The summed E-state index contributed by atoms with van der Waals surface area (Å²) in [5.74, 6) is 0.0440. The number of rotatable bonds is 7. The van der Waals surface area contributed by atoms with E-state index in [1.165, 1.54) is 0 Å². The molecule has 0 aromatic carbocycles. The molecule has 0 bridgehead atoms. The summed E-state index contributed by atoms with van der Waals surface area (Å²) in [6, 6.07) is -1.30. The normalized spacial score (nSPS) is 18.2. The third-order valence-electron chi connectivity index (χ3n) is 3.27. The number of carbonyl (C=O) groups excluding carboxylic acids is 2. The maximum atomic E-state index is 11.9. The van der Waals surface area contributed by atoms with Gasteiger partial charge in [0.2, 0.25) is 5.91 Å². The van der Waals surface area contributed by atoms with Crippen LogP contribution in [0.2, 0.25) is 0 Å². The van der Waals surface area contributed by atoms with Gasteiger partial charge in [0.05, 0.1) is 6.61 Å². The van der Waals surface area contributed by atoms with Gasteiger partial charge in [-0.1, -0.05) is 13.8 Å². The van der Waals surface area contributed by atoms with Gasteiger partial charge in [-0.2, -0.15) is 0 Å². The lowest BCUT2D eigenvalue weighted by molar-refractivity contribution is -0.123. The Balaban J connectivity index is 2.45. The lowest BCUT2D eigenvalue weighted by Crippen LogP contribution is -2.50. The molecule has 104 valence electrons. The number of aliphatic hydroxyl groups is 1. The molecule has 0 aromatic rings. The number of nitrogens with two attached hydrogens (primary N) is 1. The first-order chi connectivity index (χ1) is 8.38. The van der Waals surface area contributed by atoms with Gasteiger partial charge in [-0.3, -0.25) is 4.79 Å². The second-order valence-electron chi connectivity index (χ2n) is 5.57. The van der Waals surface area contributed by atoms with Crippen LogP contribution in [0.4, 0.5) is 4.79 Å². The van der Waals surface area contributed by atoms with Crippen LogP contribution in [-0.2, 0) is 4.79 Å². The fourth-order valence-electron chi connectivity index (χ4n) is 1.84. The van der Waals surface area contributed by atoms with Crippen LogP contribution in [0.25, 0.3) is 0 Å². The highest BCUT2D eigenvalue weighted by Gasteiger charge is 2.42. The van der Waals surface area contributed by atoms with Gasteiger partial charge in [-0.15, -0.1) is 0 Å². The van der Waals surface area contributed by atoms with Crippen LogP contribution < -0.4 is 16.4 Å². The molecule has 0 heterocycles. The van der Waals surface area contributed by atoms with Gasteiger partial charge in [0, 0.05) is 12.0 Å². The van der Waals surface area contributed by atoms with Crippen LogP contribution >= 0.6 is 0 Å². The Morgan fingerprint density at radius 3 is 2.39 bits per heavy atom. The lowest BCUT2D eigenvalue weighted by Gasteiger charge is -2.20. The van der Waals surface area contributed by atoms with Crippen molar-refractivity contribution >= 4 is 11.9 Å². The van der Waals surface area contributed by atoms with Crippen molar-refractivity contribution in [2.45, 2.75) is 39.2 Å². The highest BCUT2D eigenvalue weighted by molar-refractivity contribution is 5.86. The second-order valence-corrected chi connectivity index (χ2v) is 5.57. The highest BCUT2D eigenvalue weighted by Crippen LogP contribution is 2.44. The summed E-state index contributed by atoms with van der Waals surface area (Å²) in [5, 5.41) is 14.4. The van der Waals surface area contributed by atoms with Crippen LogP contribution in [0.15, 0.2) is 0 Å². The van der Waals surface area contributed by atoms with Crippen molar-refractivity contribution in [2.24, 2.45) is 17.1 Å². The van der Waals surface area contributed by atoms with E-state index in [-0.39, 0.29) is 23.8 Å². The molecule has 1 unspecified atom stereocenters. The Hall–Kier alpha value is -1.30. The average Bonchev–Trinajstić information content (AvgIpc) is 3.04. The molecular weight excluding hydrogens is 234 g/mol. The van der Waals surface area contributed by atoms with Crippen LogP contribution in [0.3, 0.4) is 0 Å². The van der Waals surface area contributed by atoms with Gasteiger partial charge in [-0.05, 0) is 25.2 Å². The van der Waals surface area contributed by atoms with Gasteiger partial charge in [0.1, 0.15) is 6.04 Å². The van der Waals surface area contributed by atoms with E-state index in [1.807, 2.05) is 13.8 Å². The zero-order valence-corrected chi connectivity index (χ0v) is 11.0. The van der Waals surface area contributed by atoms with Crippen molar-refractivity contribution in [2.75, 3.05) is 13.2 Å². The molecule has 1 saturated carbocycles. The number of primary amides is 1. The summed E-state index contributed by atoms with van der Waals surface area (Å²) in [4.78, 5) is 22.8. The molecule has 0 aromatic heterocycles. The number of urea groups is 1. The predicted molar refractivity (Wildman–Crippen MR) is 67.7 cm³/mol. The molecule has 1 atom stereocenters. The van der Waals surface area contributed by atoms with E-state index in [4.69, 9.17) is 10.8 Å². The molecule has 0 saturated heterocycles. The Bertz CT molecular complexity index is 314. The zero-order chi connectivity index (χ0) is 13.8. The molecule has 1 aliphatic rings. The SMILES string of the molecule is CC(C)CC(NC(N)=O)C(=O)NCC1(CO)CC1. The molecule has 0 aliphatic heterocycles. The molecule has 1 fully saturated rings. The maximum absolute atomic E-state index is 11.9. The Labute approximate surface area is 107 Å². The molecule has 18 heavy (non-hydrogen) atoms. The van der Waals surface area contributed by atoms with Gasteiger partial charge in [0.25, 0.3) is 0 Å². The number of hydrogen-bond donors (Lipinski definition) is 4. The minimum atomic E-state index is -0.695. The summed E-state index contributed by atoms with van der Waals surface area (Å²) in [5.41, 5.74) is 4.92. The number of nitrogens with one attached hydrogen (secondary N) is 2. The molecule has 5 N–H and O–H groups in total. The minimum Gasteiger partial charge on any atom is -0.396 e. The van der Waals surface area contributed by atoms with E-state index < -0.39 is 12.1 Å². The van der Waals surface area contributed by atoms with Gasteiger partial charge < -0.3 is 21.5 Å². The molecule has 6 nitrogen and oxygen atoms in total. The van der Waals surface area contributed by atoms with E-state index in [9.17, 15) is 9.59 Å². The van der Waals surface area contributed by atoms with Crippen molar-refractivity contribution in [3.05, 3.63) is 0 Å². The zero-order valence-electron chi connectivity index (χ0n) is 11.0. The van der Waals surface area contributed by atoms with Gasteiger partial charge in [0.15, 0.2) is 0 Å². The molecule has 6 heteroatoms. The molecular formula is C12H23N3O3. The van der Waals surface area contributed by atoms with Gasteiger partial charge in [-0.25, -0.2) is 4.79 Å². The standard InChI is InChI=1S/C12H23N3O3/c1-8(2)5-9(15-11(13)18)10(17)14-6-12(7-16)3-4-12/h8-9,16H,3-7H2,1-2H3,(H,14,17)(H3,13,15,18). The van der Waals surface area contributed by atoms with Crippen molar-refractivity contribution in [3.8, 4) is 0 Å². The van der Waals surface area contributed by atoms with Crippen LogP contribution in [-0.4, -0.2) is 36.2 Å². The second kappa shape index (κ2) is 6.04. The monoisotopic (exact) mass is 257 g/mol. The van der Waals surface area contributed by atoms with Crippen LogP contribution in [0, 0.1) is 11.3 Å². The van der Waals surface area contributed by atoms with Crippen LogP contribution in [0.1, 0.15) is 33.1 Å². The first-order valence-corrected chi connectivity index (χ1v) is 6.33. The van der Waals surface area contributed by atoms with Crippen molar-refractivity contribution in [1.82, 2.24) is 10.6 Å². The van der Waals surface area contributed by atoms with E-state index in [0.29, 0.717) is 13.0 Å². The summed E-state index contributed by atoms with van der Waals surface area (Å²) in [6.45, 7) is 4.49. The smallest absolute Gasteiger partial charge is 0.312 e. The summed E-state index contributed by atoms with van der Waals surface area (Å²) in [7, 11) is 0. The average molecular weight is 257 g/mol. The van der Waals surface area contributed by atoms with Crippen molar-refractivity contribution in [3.63, 3.8) is 0 Å².